The van der Waals surface area contributed by atoms with E-state index < -0.39 is 66.1 Å². The van der Waals surface area contributed by atoms with Crippen LogP contribution >= 0.6 is 11.6 Å². The van der Waals surface area contributed by atoms with Crippen molar-refractivity contribution in [3.05, 3.63) is 67.4 Å². The van der Waals surface area contributed by atoms with Crippen molar-refractivity contribution in [1.29, 1.82) is 0 Å². The number of carbonyl (C=O) groups is 4. The highest BCUT2D eigenvalue weighted by molar-refractivity contribution is 6.30. The Balaban J connectivity index is 1.76. The zero-order chi connectivity index (χ0) is 25.4. The van der Waals surface area contributed by atoms with Crippen LogP contribution in [0.15, 0.2) is 40.1 Å². The number of halogens is 1. The van der Waals surface area contributed by atoms with Gasteiger partial charge in [0, 0.05) is 26.5 Å². The van der Waals surface area contributed by atoms with Gasteiger partial charge >= 0.3 is 17.6 Å². The lowest BCUT2D eigenvalue weighted by molar-refractivity contribution is -0.169. The summed E-state index contributed by atoms with van der Waals surface area (Å²) in [4.78, 5) is 76.8. The van der Waals surface area contributed by atoms with Gasteiger partial charge < -0.3 is 14.2 Å². The van der Waals surface area contributed by atoms with Crippen LogP contribution in [0.3, 0.4) is 0 Å². The van der Waals surface area contributed by atoms with Crippen molar-refractivity contribution in [3.63, 3.8) is 0 Å². The standard InChI is InChI=1S/C22H20ClN3O9/c1-10(27)33-9-16(34-11(2)28)18-15(26-20(30)12-5-3-4-6-13(12)21(26)31)7-17(35-18)25-8-14(23)19(29)24-22(25)32/h3-6,8,15-18H,7,9H2,1-2H3,(H,24,29,32)/t15-,16+,17+,18-/m0/s1. The number of fused-ring (bicyclic) bond motifs is 1. The fourth-order valence-electron chi connectivity index (χ4n) is 4.23. The monoisotopic (exact) mass is 505 g/mol. The maximum atomic E-state index is 13.2. The number of hydrogen-bond acceptors (Lipinski definition) is 9. The number of aromatic amines is 1. The molecule has 0 spiro atoms. The number of rotatable bonds is 6. The second kappa shape index (κ2) is 9.47. The van der Waals surface area contributed by atoms with E-state index in [2.05, 4.69) is 4.98 Å². The third kappa shape index (κ3) is 4.62. The van der Waals surface area contributed by atoms with E-state index in [0.717, 1.165) is 29.5 Å². The lowest BCUT2D eigenvalue weighted by Gasteiger charge is -2.31. The van der Waals surface area contributed by atoms with E-state index in [1.54, 1.807) is 12.1 Å². The smallest absolute Gasteiger partial charge is 0.330 e. The van der Waals surface area contributed by atoms with Gasteiger partial charge in [0.2, 0.25) is 0 Å². The molecular weight excluding hydrogens is 486 g/mol. The molecule has 184 valence electrons. The van der Waals surface area contributed by atoms with Gasteiger partial charge in [-0.05, 0) is 12.1 Å². The molecule has 0 saturated carbocycles. The molecule has 35 heavy (non-hydrogen) atoms. The number of amides is 2. The zero-order valence-electron chi connectivity index (χ0n) is 18.6. The third-order valence-electron chi connectivity index (χ3n) is 5.66. The molecule has 2 aliphatic heterocycles. The van der Waals surface area contributed by atoms with Crippen molar-refractivity contribution >= 4 is 35.4 Å². The molecule has 1 aromatic heterocycles. The number of nitrogens with one attached hydrogen (secondary N) is 1. The summed E-state index contributed by atoms with van der Waals surface area (Å²) in [5.74, 6) is -2.56. The fourth-order valence-corrected chi connectivity index (χ4v) is 4.38. The number of hydrogen-bond donors (Lipinski definition) is 1. The summed E-state index contributed by atoms with van der Waals surface area (Å²) >= 11 is 5.88. The molecule has 4 atom stereocenters. The van der Waals surface area contributed by atoms with Crippen molar-refractivity contribution in [2.24, 2.45) is 0 Å². The van der Waals surface area contributed by atoms with Gasteiger partial charge in [0.15, 0.2) is 6.10 Å². The minimum absolute atomic E-state index is 0.101. The normalized spacial score (nSPS) is 22.1. The molecule has 12 nitrogen and oxygen atoms in total. The minimum atomic E-state index is -1.22. The van der Waals surface area contributed by atoms with Crippen molar-refractivity contribution in [3.8, 4) is 0 Å². The fraction of sp³-hybridized carbons (Fsp3) is 0.364. The van der Waals surface area contributed by atoms with Gasteiger partial charge in [-0.3, -0.25) is 38.4 Å². The summed E-state index contributed by atoms with van der Waals surface area (Å²) in [5.41, 5.74) is -1.26. The maximum absolute atomic E-state index is 13.2. The first kappa shape index (κ1) is 24.4. The van der Waals surface area contributed by atoms with Crippen molar-refractivity contribution < 1.29 is 33.4 Å². The van der Waals surface area contributed by atoms with Crippen LogP contribution in [0.2, 0.25) is 5.02 Å². The molecule has 2 aromatic rings. The Labute approximate surface area is 202 Å². The van der Waals surface area contributed by atoms with Crippen molar-refractivity contribution in [1.82, 2.24) is 14.5 Å². The molecule has 3 heterocycles. The molecule has 4 rings (SSSR count). The first-order valence-corrected chi connectivity index (χ1v) is 10.9. The van der Waals surface area contributed by atoms with Gasteiger partial charge in [-0.1, -0.05) is 23.7 Å². The Morgan fingerprint density at radius 1 is 1.11 bits per heavy atom. The second-order valence-electron chi connectivity index (χ2n) is 7.98. The highest BCUT2D eigenvalue weighted by Crippen LogP contribution is 2.38. The minimum Gasteiger partial charge on any atom is -0.462 e. The summed E-state index contributed by atoms with van der Waals surface area (Å²) in [7, 11) is 0. The number of H-pyrrole nitrogens is 1. The van der Waals surface area contributed by atoms with Gasteiger partial charge in [-0.15, -0.1) is 0 Å². The average Bonchev–Trinajstić information content (AvgIpc) is 3.33. The quantitative estimate of drug-likeness (QED) is 0.439. The molecule has 0 radical (unpaired) electrons. The molecule has 1 fully saturated rings. The maximum Gasteiger partial charge on any atom is 0.330 e. The Bertz CT molecular complexity index is 1300. The summed E-state index contributed by atoms with van der Waals surface area (Å²) < 4.78 is 17.4. The molecule has 0 aliphatic carbocycles. The molecular formula is C22H20ClN3O9. The number of carbonyl (C=O) groups excluding carboxylic acids is 4. The van der Waals surface area contributed by atoms with Crippen LogP contribution in [-0.4, -0.2) is 63.1 Å². The summed E-state index contributed by atoms with van der Waals surface area (Å²) in [6.07, 6.45) is -2.53. The second-order valence-corrected chi connectivity index (χ2v) is 8.39. The first-order valence-electron chi connectivity index (χ1n) is 10.5. The molecule has 0 bridgehead atoms. The van der Waals surface area contributed by atoms with E-state index in [0.29, 0.717) is 0 Å². The van der Waals surface area contributed by atoms with Crippen LogP contribution in [0.4, 0.5) is 0 Å². The lowest BCUT2D eigenvalue weighted by Crippen LogP contribution is -2.51. The van der Waals surface area contributed by atoms with Crippen molar-refractivity contribution in [2.45, 2.75) is 44.7 Å². The van der Waals surface area contributed by atoms with E-state index in [-0.39, 0.29) is 22.6 Å². The zero-order valence-corrected chi connectivity index (χ0v) is 19.3. The van der Waals surface area contributed by atoms with Gasteiger partial charge in [0.25, 0.3) is 17.4 Å². The lowest BCUT2D eigenvalue weighted by atomic mass is 10.0. The molecule has 1 aromatic carbocycles. The Morgan fingerprint density at radius 2 is 1.74 bits per heavy atom. The highest BCUT2D eigenvalue weighted by atomic mass is 35.5. The van der Waals surface area contributed by atoms with Crippen LogP contribution in [0.1, 0.15) is 47.2 Å². The predicted molar refractivity (Wildman–Crippen MR) is 118 cm³/mol. The van der Waals surface area contributed by atoms with E-state index >= 15 is 0 Å². The number of ether oxygens (including phenoxy) is 3. The number of nitrogens with zero attached hydrogens (tertiary/aromatic N) is 2. The Morgan fingerprint density at radius 3 is 2.31 bits per heavy atom. The Hall–Kier alpha value is -3.77. The van der Waals surface area contributed by atoms with Crippen molar-refractivity contribution in [2.75, 3.05) is 6.61 Å². The molecule has 1 saturated heterocycles. The van der Waals surface area contributed by atoms with E-state index in [9.17, 15) is 28.8 Å². The number of esters is 2. The van der Waals surface area contributed by atoms with E-state index in [4.69, 9.17) is 25.8 Å². The molecule has 0 unspecified atom stereocenters. The molecule has 1 N–H and O–H groups in total. The number of benzene rings is 1. The van der Waals surface area contributed by atoms with Crippen LogP contribution in [0, 0.1) is 0 Å². The van der Waals surface area contributed by atoms with E-state index in [1.165, 1.54) is 12.1 Å². The number of aromatic nitrogens is 2. The summed E-state index contributed by atoms with van der Waals surface area (Å²) in [6, 6.07) is 5.22. The third-order valence-corrected chi connectivity index (χ3v) is 5.93. The van der Waals surface area contributed by atoms with Crippen LogP contribution in [0.5, 0.6) is 0 Å². The summed E-state index contributed by atoms with van der Waals surface area (Å²) in [5, 5.41) is -0.287. The number of imide groups is 1. The SMILES string of the molecule is CC(=O)OC[C@@H](OC(C)=O)[C@H]1O[C@@H](n2cc(Cl)c(=O)[nH]c2=O)C[C@@H]1N1C(=O)c2ccccc2C1=O. The summed E-state index contributed by atoms with van der Waals surface area (Å²) in [6.45, 7) is 1.87. The van der Waals surface area contributed by atoms with Crippen LogP contribution in [0.25, 0.3) is 0 Å². The van der Waals surface area contributed by atoms with Gasteiger partial charge in [0.1, 0.15) is 24.0 Å². The van der Waals surface area contributed by atoms with E-state index in [1.807, 2.05) is 0 Å². The topological polar surface area (TPSA) is 154 Å². The average molecular weight is 506 g/mol. The molecule has 2 aliphatic rings. The largest absolute Gasteiger partial charge is 0.462 e. The molecule has 2 amide bonds. The first-order chi connectivity index (χ1) is 16.6. The van der Waals surface area contributed by atoms with Crippen LogP contribution in [-0.2, 0) is 23.8 Å². The van der Waals surface area contributed by atoms with Gasteiger partial charge in [-0.25, -0.2) is 4.79 Å². The Kier molecular flexibility index (Phi) is 6.59. The molecule has 13 heteroatoms. The van der Waals surface area contributed by atoms with Gasteiger partial charge in [-0.2, -0.15) is 0 Å². The highest BCUT2D eigenvalue weighted by Gasteiger charge is 2.51. The van der Waals surface area contributed by atoms with Crippen LogP contribution < -0.4 is 11.2 Å². The van der Waals surface area contributed by atoms with Gasteiger partial charge in [0.05, 0.1) is 17.2 Å². The predicted octanol–water partition coefficient (Wildman–Crippen LogP) is 0.637.